The summed E-state index contributed by atoms with van der Waals surface area (Å²) in [5.74, 6) is 0.669. The van der Waals surface area contributed by atoms with Crippen molar-refractivity contribution in [1.82, 2.24) is 0 Å². The molecule has 0 atom stereocenters. The van der Waals surface area contributed by atoms with E-state index >= 15 is 0 Å². The van der Waals surface area contributed by atoms with Gasteiger partial charge in [0, 0.05) is 35.3 Å². The number of methoxy groups -OCH3 is 2. The maximum atomic E-state index is 11.5. The number of hydrogen-bond donors (Lipinski definition) is 0. The first-order valence-corrected chi connectivity index (χ1v) is 14.3. The van der Waals surface area contributed by atoms with E-state index in [1.54, 1.807) is 14.2 Å². The number of rotatable bonds is 15. The number of nitrogens with zero attached hydrogens (tertiary/aromatic N) is 1. The maximum absolute atomic E-state index is 11.5. The molecular weight excluding hydrogens is 554 g/mol. The molecule has 4 aromatic rings. The minimum absolute atomic E-state index is 0.0302. The van der Waals surface area contributed by atoms with Crippen molar-refractivity contribution in [2.75, 3.05) is 32.3 Å². The molecule has 0 heterocycles. The SMILES string of the molecule is C=CC(=O)OCCC(CCOC(=O)C=C)c1ccc(-c2ccc(N(c3ccc(OC)cc3)c3cccc(OC)c3)cc2)cc1. The number of carbonyl (C=O) groups excluding carboxylic acids is 2. The average Bonchev–Trinajstić information content (AvgIpc) is 3.08. The second kappa shape index (κ2) is 15.8. The normalized spacial score (nSPS) is 10.5. The minimum Gasteiger partial charge on any atom is -0.497 e. The van der Waals surface area contributed by atoms with Gasteiger partial charge in [-0.05, 0) is 84.0 Å². The zero-order valence-electron chi connectivity index (χ0n) is 25.1. The zero-order chi connectivity index (χ0) is 31.3. The Balaban J connectivity index is 1.56. The Morgan fingerprint density at radius 2 is 1.16 bits per heavy atom. The van der Waals surface area contributed by atoms with Crippen LogP contribution in [0.15, 0.2) is 122 Å². The van der Waals surface area contributed by atoms with E-state index in [1.165, 1.54) is 0 Å². The van der Waals surface area contributed by atoms with Gasteiger partial charge in [-0.15, -0.1) is 0 Å². The number of benzene rings is 4. The summed E-state index contributed by atoms with van der Waals surface area (Å²) >= 11 is 0. The number of anilines is 3. The minimum atomic E-state index is -0.461. The Labute approximate surface area is 259 Å². The third-order valence-electron chi connectivity index (χ3n) is 7.24. The molecule has 226 valence electrons. The first-order chi connectivity index (χ1) is 21.4. The van der Waals surface area contributed by atoms with Crippen LogP contribution >= 0.6 is 0 Å². The smallest absolute Gasteiger partial charge is 0.330 e. The molecule has 0 fully saturated rings. The lowest BCUT2D eigenvalue weighted by atomic mass is 9.91. The van der Waals surface area contributed by atoms with E-state index in [4.69, 9.17) is 18.9 Å². The Morgan fingerprint density at radius 1 is 0.659 bits per heavy atom. The summed E-state index contributed by atoms with van der Waals surface area (Å²) in [4.78, 5) is 25.2. The Morgan fingerprint density at radius 3 is 1.66 bits per heavy atom. The fourth-order valence-corrected chi connectivity index (χ4v) is 4.88. The predicted molar refractivity (Wildman–Crippen MR) is 174 cm³/mol. The van der Waals surface area contributed by atoms with Gasteiger partial charge in [0.25, 0.3) is 0 Å². The molecule has 0 unspecified atom stereocenters. The van der Waals surface area contributed by atoms with Crippen molar-refractivity contribution < 1.29 is 28.5 Å². The first-order valence-electron chi connectivity index (χ1n) is 14.3. The molecule has 0 aliphatic carbocycles. The Bertz CT molecular complexity index is 1520. The van der Waals surface area contributed by atoms with Gasteiger partial charge in [0.2, 0.25) is 0 Å². The lowest BCUT2D eigenvalue weighted by molar-refractivity contribution is -0.138. The van der Waals surface area contributed by atoms with Crippen molar-refractivity contribution in [2.24, 2.45) is 0 Å². The highest BCUT2D eigenvalue weighted by atomic mass is 16.5. The number of carbonyl (C=O) groups is 2. The third-order valence-corrected chi connectivity index (χ3v) is 7.24. The molecule has 0 aromatic heterocycles. The standard InChI is InChI=1S/C37H37NO6/c1-5-36(39)43-24-22-30(23-25-44-37(40)6-2)28-12-10-27(11-13-28)29-14-16-31(17-15-29)38(32-18-20-34(41-3)21-19-32)33-8-7-9-35(26-33)42-4/h5-21,26,30H,1-2,22-25H2,3-4H3. The van der Waals surface area contributed by atoms with Crippen LogP contribution in [0.2, 0.25) is 0 Å². The number of hydrogen-bond acceptors (Lipinski definition) is 7. The highest BCUT2D eigenvalue weighted by Gasteiger charge is 2.16. The van der Waals surface area contributed by atoms with Crippen LogP contribution in [0.25, 0.3) is 11.1 Å². The van der Waals surface area contributed by atoms with Crippen molar-refractivity contribution >= 4 is 29.0 Å². The van der Waals surface area contributed by atoms with E-state index in [0.29, 0.717) is 12.8 Å². The first kappa shape index (κ1) is 31.6. The second-order valence-electron chi connectivity index (χ2n) is 9.92. The van der Waals surface area contributed by atoms with Gasteiger partial charge < -0.3 is 23.8 Å². The van der Waals surface area contributed by atoms with Crippen LogP contribution in [0.1, 0.15) is 24.3 Å². The van der Waals surface area contributed by atoms with E-state index in [2.05, 4.69) is 66.6 Å². The van der Waals surface area contributed by atoms with Crippen LogP contribution in [0.4, 0.5) is 17.1 Å². The number of esters is 2. The maximum Gasteiger partial charge on any atom is 0.330 e. The van der Waals surface area contributed by atoms with Gasteiger partial charge in [0.1, 0.15) is 11.5 Å². The summed E-state index contributed by atoms with van der Waals surface area (Å²) < 4.78 is 21.3. The van der Waals surface area contributed by atoms with Crippen LogP contribution < -0.4 is 14.4 Å². The summed E-state index contributed by atoms with van der Waals surface area (Å²) in [5.41, 5.74) is 6.14. The van der Waals surface area contributed by atoms with Gasteiger partial charge in [-0.25, -0.2) is 9.59 Å². The molecule has 0 saturated heterocycles. The summed E-state index contributed by atoms with van der Waals surface area (Å²) in [6.07, 6.45) is 3.47. The summed E-state index contributed by atoms with van der Waals surface area (Å²) in [6.45, 7) is 7.36. The van der Waals surface area contributed by atoms with E-state index in [0.717, 1.165) is 57.4 Å². The summed E-state index contributed by atoms with van der Waals surface area (Å²) in [5, 5.41) is 0. The van der Waals surface area contributed by atoms with Crippen molar-refractivity contribution in [1.29, 1.82) is 0 Å². The van der Waals surface area contributed by atoms with Gasteiger partial charge in [-0.1, -0.05) is 55.6 Å². The molecule has 0 aliphatic heterocycles. The molecule has 0 amide bonds. The monoisotopic (exact) mass is 591 g/mol. The zero-order valence-corrected chi connectivity index (χ0v) is 25.1. The Hall–Kier alpha value is -5.30. The molecule has 0 spiro atoms. The second-order valence-corrected chi connectivity index (χ2v) is 9.92. The van der Waals surface area contributed by atoms with Crippen molar-refractivity contribution in [3.8, 4) is 22.6 Å². The average molecular weight is 592 g/mol. The predicted octanol–water partition coefficient (Wildman–Crippen LogP) is 8.16. The van der Waals surface area contributed by atoms with Gasteiger partial charge in [0.05, 0.1) is 27.4 Å². The van der Waals surface area contributed by atoms with Crippen LogP contribution in [0, 0.1) is 0 Å². The highest BCUT2D eigenvalue weighted by molar-refractivity contribution is 5.81. The summed E-state index contributed by atoms with van der Waals surface area (Å²) in [7, 11) is 3.32. The molecular formula is C37H37NO6. The van der Waals surface area contributed by atoms with Crippen LogP contribution in [-0.4, -0.2) is 39.4 Å². The molecule has 7 nitrogen and oxygen atoms in total. The van der Waals surface area contributed by atoms with Crippen molar-refractivity contribution in [3.05, 3.63) is 128 Å². The number of ether oxygens (including phenoxy) is 4. The lowest BCUT2D eigenvalue weighted by Gasteiger charge is -2.26. The molecule has 44 heavy (non-hydrogen) atoms. The lowest BCUT2D eigenvalue weighted by Crippen LogP contribution is -2.11. The van der Waals surface area contributed by atoms with Gasteiger partial charge in [0.15, 0.2) is 0 Å². The highest BCUT2D eigenvalue weighted by Crippen LogP contribution is 2.38. The van der Waals surface area contributed by atoms with Gasteiger partial charge in [-0.3, -0.25) is 0 Å². The van der Waals surface area contributed by atoms with E-state index in [-0.39, 0.29) is 19.1 Å². The van der Waals surface area contributed by atoms with Crippen molar-refractivity contribution in [3.63, 3.8) is 0 Å². The topological polar surface area (TPSA) is 74.3 Å². The fourth-order valence-electron chi connectivity index (χ4n) is 4.88. The molecule has 0 bridgehead atoms. The molecule has 0 saturated carbocycles. The molecule has 4 rings (SSSR count). The molecule has 0 radical (unpaired) electrons. The molecule has 7 heteroatoms. The van der Waals surface area contributed by atoms with Crippen LogP contribution in [0.3, 0.4) is 0 Å². The van der Waals surface area contributed by atoms with Gasteiger partial charge in [-0.2, -0.15) is 0 Å². The fraction of sp³-hybridized carbons (Fsp3) is 0.189. The quantitative estimate of drug-likeness (QED) is 0.102. The van der Waals surface area contributed by atoms with E-state index in [9.17, 15) is 9.59 Å². The Kier molecular flexibility index (Phi) is 11.4. The van der Waals surface area contributed by atoms with Crippen LogP contribution in [-0.2, 0) is 19.1 Å². The van der Waals surface area contributed by atoms with E-state index < -0.39 is 11.9 Å². The van der Waals surface area contributed by atoms with Gasteiger partial charge >= 0.3 is 11.9 Å². The largest absolute Gasteiger partial charge is 0.497 e. The molecule has 0 N–H and O–H groups in total. The molecule has 4 aromatic carbocycles. The van der Waals surface area contributed by atoms with Crippen LogP contribution in [0.5, 0.6) is 11.5 Å². The summed E-state index contributed by atoms with van der Waals surface area (Å²) in [6, 6.07) is 32.6. The van der Waals surface area contributed by atoms with E-state index in [1.807, 2.05) is 48.5 Å². The third kappa shape index (κ3) is 8.38. The van der Waals surface area contributed by atoms with Crippen molar-refractivity contribution in [2.45, 2.75) is 18.8 Å². The molecule has 0 aliphatic rings.